The van der Waals surface area contributed by atoms with Gasteiger partial charge in [0.2, 0.25) is 5.91 Å². The van der Waals surface area contributed by atoms with Gasteiger partial charge in [-0.05, 0) is 28.8 Å². The number of halogens is 1. The van der Waals surface area contributed by atoms with Gasteiger partial charge in [0, 0.05) is 25.2 Å². The molecule has 5 rings (SSSR count). The normalized spacial score (nSPS) is 20.1. The summed E-state index contributed by atoms with van der Waals surface area (Å²) in [7, 11) is 1.71. The van der Waals surface area contributed by atoms with Gasteiger partial charge in [-0.25, -0.2) is 14.8 Å². The molecular weight excluding hydrogens is 490 g/mol. The molecule has 0 radical (unpaired) electrons. The summed E-state index contributed by atoms with van der Waals surface area (Å²) in [5.74, 6) is -0.394. The van der Waals surface area contributed by atoms with Crippen LogP contribution in [0.15, 0.2) is 84.9 Å². The SMILES string of the molecule is CN1CC(=O)N2[C@@H](c3ccccc3)C(=O)N(Cc3cccc(Cl)c3)C[C@@H]2N1C(=O)NCc1ccccc1. The zero-order valence-electron chi connectivity index (χ0n) is 20.5. The number of urea groups is 1. The van der Waals surface area contributed by atoms with Crippen molar-refractivity contribution in [1.82, 2.24) is 25.1 Å². The van der Waals surface area contributed by atoms with E-state index in [0.717, 1.165) is 11.1 Å². The van der Waals surface area contributed by atoms with Crippen molar-refractivity contribution in [1.29, 1.82) is 0 Å². The molecule has 0 aromatic heterocycles. The molecule has 2 aliphatic rings. The molecule has 2 atom stereocenters. The van der Waals surface area contributed by atoms with Crippen molar-refractivity contribution in [3.8, 4) is 0 Å². The first-order valence-electron chi connectivity index (χ1n) is 12.1. The Bertz CT molecular complexity index is 1290. The van der Waals surface area contributed by atoms with Gasteiger partial charge >= 0.3 is 6.03 Å². The van der Waals surface area contributed by atoms with Crippen molar-refractivity contribution in [2.24, 2.45) is 0 Å². The van der Waals surface area contributed by atoms with Crippen molar-refractivity contribution < 1.29 is 14.4 Å². The molecular formula is C28H28ClN5O3. The molecule has 3 aromatic rings. The van der Waals surface area contributed by atoms with E-state index in [4.69, 9.17) is 11.6 Å². The molecule has 8 nitrogen and oxygen atoms in total. The second-order valence-corrected chi connectivity index (χ2v) is 9.68. The second-order valence-electron chi connectivity index (χ2n) is 9.25. The zero-order valence-corrected chi connectivity index (χ0v) is 21.2. The maximum atomic E-state index is 13.9. The summed E-state index contributed by atoms with van der Waals surface area (Å²) in [5, 5.41) is 6.73. The Morgan fingerprint density at radius 1 is 0.946 bits per heavy atom. The van der Waals surface area contributed by atoms with Crippen LogP contribution in [0.1, 0.15) is 22.7 Å². The van der Waals surface area contributed by atoms with E-state index < -0.39 is 12.2 Å². The third kappa shape index (κ3) is 5.16. The summed E-state index contributed by atoms with van der Waals surface area (Å²) in [6.45, 7) is 0.812. The van der Waals surface area contributed by atoms with Crippen LogP contribution in [0.4, 0.5) is 4.79 Å². The molecule has 0 bridgehead atoms. The standard InChI is InChI=1S/C28H28ClN5O3/c1-31-19-25(35)33-24(34(31)28(37)30-16-20-9-4-2-5-10-20)18-32(17-21-11-8-14-23(29)15-21)27(36)26(33)22-12-6-3-7-13-22/h2-15,24,26H,16-19H2,1H3,(H,30,37)/t24-,26-/m0/s1. The quantitative estimate of drug-likeness (QED) is 0.560. The van der Waals surface area contributed by atoms with Crippen molar-refractivity contribution in [2.75, 3.05) is 20.1 Å². The van der Waals surface area contributed by atoms with E-state index in [1.807, 2.05) is 78.9 Å². The summed E-state index contributed by atoms with van der Waals surface area (Å²) in [6.07, 6.45) is -0.677. The maximum Gasteiger partial charge on any atom is 0.334 e. The highest BCUT2D eigenvalue weighted by molar-refractivity contribution is 6.30. The molecule has 37 heavy (non-hydrogen) atoms. The number of amides is 4. The third-order valence-corrected chi connectivity index (χ3v) is 6.94. The van der Waals surface area contributed by atoms with Gasteiger partial charge in [0.15, 0.2) is 0 Å². The van der Waals surface area contributed by atoms with Gasteiger partial charge in [-0.2, -0.15) is 0 Å². The van der Waals surface area contributed by atoms with Gasteiger partial charge in [0.1, 0.15) is 12.2 Å². The fraction of sp³-hybridized carbons (Fsp3) is 0.250. The molecule has 2 aliphatic heterocycles. The Morgan fingerprint density at radius 3 is 2.32 bits per heavy atom. The van der Waals surface area contributed by atoms with Crippen LogP contribution in [-0.2, 0) is 22.7 Å². The maximum absolute atomic E-state index is 13.9. The average molecular weight is 518 g/mol. The lowest BCUT2D eigenvalue weighted by Crippen LogP contribution is -2.73. The number of piperazine rings is 1. The summed E-state index contributed by atoms with van der Waals surface area (Å²) in [6, 6.07) is 25.0. The molecule has 4 amide bonds. The van der Waals surface area contributed by atoms with E-state index >= 15 is 0 Å². The lowest BCUT2D eigenvalue weighted by molar-refractivity contribution is -0.188. The van der Waals surface area contributed by atoms with Gasteiger partial charge < -0.3 is 15.1 Å². The molecule has 3 aromatic carbocycles. The number of likely N-dealkylation sites (N-methyl/N-ethyl adjacent to an activating group) is 1. The highest BCUT2D eigenvalue weighted by atomic mass is 35.5. The van der Waals surface area contributed by atoms with Gasteiger partial charge in [0.25, 0.3) is 5.91 Å². The Kier molecular flexibility index (Phi) is 7.12. The summed E-state index contributed by atoms with van der Waals surface area (Å²) in [5.41, 5.74) is 2.54. The molecule has 9 heteroatoms. The monoisotopic (exact) mass is 517 g/mol. The van der Waals surface area contributed by atoms with E-state index in [2.05, 4.69) is 5.32 Å². The number of carbonyl (C=O) groups excluding carboxylic acids is 3. The lowest BCUT2D eigenvalue weighted by Gasteiger charge is -2.54. The number of nitrogens with zero attached hydrogens (tertiary/aromatic N) is 4. The van der Waals surface area contributed by atoms with Crippen molar-refractivity contribution >= 4 is 29.4 Å². The van der Waals surface area contributed by atoms with Crippen LogP contribution in [0, 0.1) is 0 Å². The molecule has 0 saturated carbocycles. The highest BCUT2D eigenvalue weighted by Crippen LogP contribution is 2.35. The lowest BCUT2D eigenvalue weighted by atomic mass is 9.98. The first-order chi connectivity index (χ1) is 17.9. The number of carbonyl (C=O) groups is 3. The van der Waals surface area contributed by atoms with Gasteiger partial charge in [-0.1, -0.05) is 84.4 Å². The van der Waals surface area contributed by atoms with Crippen LogP contribution in [-0.4, -0.2) is 64.0 Å². The number of hydrogen-bond donors (Lipinski definition) is 1. The van der Waals surface area contributed by atoms with Crippen LogP contribution in [0.5, 0.6) is 0 Å². The fourth-order valence-corrected chi connectivity index (χ4v) is 5.22. The van der Waals surface area contributed by atoms with E-state index in [0.29, 0.717) is 23.7 Å². The number of rotatable bonds is 5. The zero-order chi connectivity index (χ0) is 25.9. The fourth-order valence-electron chi connectivity index (χ4n) is 5.01. The Hall–Kier alpha value is -3.88. The number of hydrazine groups is 1. The molecule has 0 aliphatic carbocycles. The molecule has 0 spiro atoms. The van der Waals surface area contributed by atoms with Crippen LogP contribution < -0.4 is 5.32 Å². The number of fused-ring (bicyclic) bond motifs is 1. The predicted molar refractivity (Wildman–Crippen MR) is 140 cm³/mol. The van der Waals surface area contributed by atoms with Gasteiger partial charge in [-0.3, -0.25) is 9.59 Å². The molecule has 2 fully saturated rings. The van der Waals surface area contributed by atoms with Crippen LogP contribution in [0.3, 0.4) is 0 Å². The smallest absolute Gasteiger partial charge is 0.333 e. The predicted octanol–water partition coefficient (Wildman–Crippen LogP) is 3.65. The van der Waals surface area contributed by atoms with E-state index in [9.17, 15) is 14.4 Å². The minimum atomic E-state index is -0.843. The second kappa shape index (κ2) is 10.6. The number of hydrogen-bond acceptors (Lipinski definition) is 4. The Balaban J connectivity index is 1.48. The first kappa shape index (κ1) is 24.8. The van der Waals surface area contributed by atoms with Crippen molar-refractivity contribution in [3.63, 3.8) is 0 Å². The number of nitrogens with one attached hydrogen (secondary N) is 1. The first-order valence-corrected chi connectivity index (χ1v) is 12.5. The summed E-state index contributed by atoms with van der Waals surface area (Å²) in [4.78, 5) is 44.0. The van der Waals surface area contributed by atoms with Crippen molar-refractivity contribution in [2.45, 2.75) is 25.3 Å². The van der Waals surface area contributed by atoms with E-state index in [1.54, 1.807) is 32.9 Å². The highest BCUT2D eigenvalue weighted by Gasteiger charge is 2.51. The largest absolute Gasteiger partial charge is 0.334 e. The molecule has 0 unspecified atom stereocenters. The average Bonchev–Trinajstić information content (AvgIpc) is 2.89. The molecule has 190 valence electrons. The van der Waals surface area contributed by atoms with Crippen LogP contribution in [0.25, 0.3) is 0 Å². The molecule has 1 N–H and O–H groups in total. The van der Waals surface area contributed by atoms with Gasteiger partial charge in [0.05, 0.1) is 13.1 Å². The Morgan fingerprint density at radius 2 is 1.62 bits per heavy atom. The van der Waals surface area contributed by atoms with Gasteiger partial charge in [-0.15, -0.1) is 0 Å². The third-order valence-electron chi connectivity index (χ3n) is 6.70. The Labute approximate surface area is 221 Å². The van der Waals surface area contributed by atoms with Crippen LogP contribution in [0.2, 0.25) is 5.02 Å². The minimum absolute atomic E-state index is 0.0137. The number of benzene rings is 3. The summed E-state index contributed by atoms with van der Waals surface area (Å²) >= 11 is 6.20. The topological polar surface area (TPSA) is 76.2 Å². The van der Waals surface area contributed by atoms with Crippen LogP contribution >= 0.6 is 11.6 Å². The summed E-state index contributed by atoms with van der Waals surface area (Å²) < 4.78 is 0. The molecule has 2 heterocycles. The van der Waals surface area contributed by atoms with Crippen molar-refractivity contribution in [3.05, 3.63) is 107 Å². The van der Waals surface area contributed by atoms with E-state index in [-0.39, 0.29) is 30.9 Å². The minimum Gasteiger partial charge on any atom is -0.333 e. The van der Waals surface area contributed by atoms with E-state index in [1.165, 1.54) is 0 Å². The molecule has 2 saturated heterocycles.